The number of aromatic nitrogens is 2. The number of nitrogens with one attached hydrogen (secondary N) is 1. The largest absolute Gasteiger partial charge is 0.307 e. The Morgan fingerprint density at radius 1 is 1.06 bits per heavy atom. The van der Waals surface area contributed by atoms with Gasteiger partial charge in [0, 0.05) is 30.3 Å². The van der Waals surface area contributed by atoms with E-state index in [1.807, 2.05) is 0 Å². The maximum atomic E-state index is 4.85. The number of aryl methyl sites for hydroxylation is 1. The number of rotatable bonds is 4. The van der Waals surface area contributed by atoms with E-state index in [1.165, 1.54) is 17.0 Å². The molecule has 0 amide bonds. The fourth-order valence-electron chi connectivity index (χ4n) is 3.07. The summed E-state index contributed by atoms with van der Waals surface area (Å²) in [6.07, 6.45) is 1.00. The van der Waals surface area contributed by atoms with Gasteiger partial charge in [0.05, 0.1) is 5.69 Å². The Hall–Kier alpha value is -0.960. The second-order valence-corrected chi connectivity index (χ2v) is 5.92. The van der Waals surface area contributed by atoms with E-state index in [0.717, 1.165) is 25.3 Å². The van der Waals surface area contributed by atoms with Crippen molar-refractivity contribution < 1.29 is 0 Å². The van der Waals surface area contributed by atoms with Crippen molar-refractivity contribution in [1.29, 1.82) is 0 Å². The van der Waals surface area contributed by atoms with Crippen molar-refractivity contribution in [3.8, 4) is 0 Å². The van der Waals surface area contributed by atoms with Crippen molar-refractivity contribution in [3.05, 3.63) is 22.8 Å². The molecule has 0 aromatic carbocycles. The van der Waals surface area contributed by atoms with E-state index in [0.29, 0.717) is 17.8 Å². The standard InChI is InChI=1S/C15H25N3/c1-6-12-11-7-16-8-13(11)18-15(17-12)14(9(2)3)10(4)5/h9-10,14,16H,6-8H2,1-5H3. The molecule has 0 atom stereocenters. The molecule has 0 spiro atoms. The summed E-state index contributed by atoms with van der Waals surface area (Å²) in [6, 6.07) is 0. The van der Waals surface area contributed by atoms with Crippen molar-refractivity contribution in [2.45, 2.75) is 60.0 Å². The minimum Gasteiger partial charge on any atom is -0.307 e. The average molecular weight is 247 g/mol. The smallest absolute Gasteiger partial charge is 0.132 e. The number of fused-ring (bicyclic) bond motifs is 1. The Balaban J connectivity index is 2.45. The summed E-state index contributed by atoms with van der Waals surface area (Å²) in [6.45, 7) is 13.1. The minimum absolute atomic E-state index is 0.459. The molecule has 1 aliphatic heterocycles. The molecule has 0 saturated heterocycles. The molecule has 1 aliphatic rings. The highest BCUT2D eigenvalue weighted by molar-refractivity contribution is 5.30. The fraction of sp³-hybridized carbons (Fsp3) is 0.733. The third kappa shape index (κ3) is 2.41. The molecule has 1 aromatic heterocycles. The fourth-order valence-corrected chi connectivity index (χ4v) is 3.07. The Morgan fingerprint density at radius 3 is 2.28 bits per heavy atom. The molecule has 0 bridgehead atoms. The SMILES string of the molecule is CCc1nc(C(C(C)C)C(C)C)nc2c1CNC2. The second kappa shape index (κ2) is 5.35. The summed E-state index contributed by atoms with van der Waals surface area (Å²) in [5.41, 5.74) is 3.81. The summed E-state index contributed by atoms with van der Waals surface area (Å²) in [5, 5.41) is 3.38. The molecule has 0 unspecified atom stereocenters. The molecule has 0 saturated carbocycles. The summed E-state index contributed by atoms with van der Waals surface area (Å²) in [7, 11) is 0. The monoisotopic (exact) mass is 247 g/mol. The van der Waals surface area contributed by atoms with Crippen LogP contribution < -0.4 is 5.32 Å². The van der Waals surface area contributed by atoms with Crippen LogP contribution in [0.25, 0.3) is 0 Å². The maximum Gasteiger partial charge on any atom is 0.132 e. The molecule has 2 rings (SSSR count). The molecule has 3 nitrogen and oxygen atoms in total. The molecule has 0 fully saturated rings. The zero-order valence-electron chi connectivity index (χ0n) is 12.2. The predicted molar refractivity (Wildman–Crippen MR) is 74.4 cm³/mol. The lowest BCUT2D eigenvalue weighted by molar-refractivity contribution is 0.369. The molecule has 0 aliphatic carbocycles. The van der Waals surface area contributed by atoms with Gasteiger partial charge in [-0.25, -0.2) is 9.97 Å². The molecular weight excluding hydrogens is 222 g/mol. The highest BCUT2D eigenvalue weighted by atomic mass is 15.0. The number of hydrogen-bond donors (Lipinski definition) is 1. The van der Waals surface area contributed by atoms with Gasteiger partial charge in [0.2, 0.25) is 0 Å². The third-order valence-corrected chi connectivity index (χ3v) is 3.86. The lowest BCUT2D eigenvalue weighted by atomic mass is 9.84. The van der Waals surface area contributed by atoms with Gasteiger partial charge in [-0.3, -0.25) is 0 Å². The van der Waals surface area contributed by atoms with Crippen LogP contribution in [0.15, 0.2) is 0 Å². The van der Waals surface area contributed by atoms with Crippen LogP contribution in [0.4, 0.5) is 0 Å². The summed E-state index contributed by atoms with van der Waals surface area (Å²) in [4.78, 5) is 9.69. The van der Waals surface area contributed by atoms with Gasteiger partial charge in [0.25, 0.3) is 0 Å². The second-order valence-electron chi connectivity index (χ2n) is 5.92. The van der Waals surface area contributed by atoms with Crippen molar-refractivity contribution >= 4 is 0 Å². The Bertz CT molecular complexity index is 416. The van der Waals surface area contributed by atoms with Crippen molar-refractivity contribution in [1.82, 2.24) is 15.3 Å². The van der Waals surface area contributed by atoms with Crippen molar-refractivity contribution in [2.24, 2.45) is 11.8 Å². The molecule has 1 aromatic rings. The normalized spacial score (nSPS) is 14.9. The lowest BCUT2D eigenvalue weighted by Crippen LogP contribution is -2.19. The molecule has 1 N–H and O–H groups in total. The Morgan fingerprint density at radius 2 is 1.72 bits per heavy atom. The summed E-state index contributed by atoms with van der Waals surface area (Å²) < 4.78 is 0. The minimum atomic E-state index is 0.459. The first-order valence-corrected chi connectivity index (χ1v) is 7.13. The predicted octanol–water partition coefficient (Wildman–Crippen LogP) is 3.04. The average Bonchev–Trinajstić information content (AvgIpc) is 2.74. The maximum absolute atomic E-state index is 4.85. The van der Waals surface area contributed by atoms with Crippen LogP contribution in [0.5, 0.6) is 0 Å². The van der Waals surface area contributed by atoms with Gasteiger partial charge >= 0.3 is 0 Å². The van der Waals surface area contributed by atoms with Gasteiger partial charge in [-0.2, -0.15) is 0 Å². The van der Waals surface area contributed by atoms with Crippen LogP contribution in [0, 0.1) is 11.8 Å². The zero-order chi connectivity index (χ0) is 13.3. The van der Waals surface area contributed by atoms with Gasteiger partial charge in [-0.1, -0.05) is 34.6 Å². The third-order valence-electron chi connectivity index (χ3n) is 3.86. The van der Waals surface area contributed by atoms with E-state index >= 15 is 0 Å². The molecular formula is C15H25N3. The first-order chi connectivity index (χ1) is 8.54. The van der Waals surface area contributed by atoms with Gasteiger partial charge in [-0.05, 0) is 18.3 Å². The van der Waals surface area contributed by atoms with Crippen molar-refractivity contribution in [2.75, 3.05) is 0 Å². The van der Waals surface area contributed by atoms with Gasteiger partial charge < -0.3 is 5.32 Å². The highest BCUT2D eigenvalue weighted by Gasteiger charge is 2.26. The van der Waals surface area contributed by atoms with E-state index in [9.17, 15) is 0 Å². The van der Waals surface area contributed by atoms with E-state index in [2.05, 4.69) is 39.9 Å². The Kier molecular flexibility index (Phi) is 4.00. The van der Waals surface area contributed by atoms with E-state index in [4.69, 9.17) is 9.97 Å². The van der Waals surface area contributed by atoms with Crippen LogP contribution in [0.2, 0.25) is 0 Å². The number of nitrogens with zero attached hydrogens (tertiary/aromatic N) is 2. The van der Waals surface area contributed by atoms with E-state index in [1.54, 1.807) is 0 Å². The molecule has 2 heterocycles. The van der Waals surface area contributed by atoms with Gasteiger partial charge in [-0.15, -0.1) is 0 Å². The van der Waals surface area contributed by atoms with Crippen molar-refractivity contribution in [3.63, 3.8) is 0 Å². The number of hydrogen-bond acceptors (Lipinski definition) is 3. The van der Waals surface area contributed by atoms with Crippen LogP contribution in [0.1, 0.15) is 63.3 Å². The zero-order valence-corrected chi connectivity index (χ0v) is 12.2. The van der Waals surface area contributed by atoms with Crippen LogP contribution >= 0.6 is 0 Å². The van der Waals surface area contributed by atoms with Crippen LogP contribution in [-0.2, 0) is 19.5 Å². The quantitative estimate of drug-likeness (QED) is 0.888. The van der Waals surface area contributed by atoms with Gasteiger partial charge in [0.1, 0.15) is 5.82 Å². The van der Waals surface area contributed by atoms with Gasteiger partial charge in [0.15, 0.2) is 0 Å². The van der Waals surface area contributed by atoms with E-state index in [-0.39, 0.29) is 0 Å². The van der Waals surface area contributed by atoms with Crippen LogP contribution in [0.3, 0.4) is 0 Å². The highest BCUT2D eigenvalue weighted by Crippen LogP contribution is 2.31. The lowest BCUT2D eigenvalue weighted by Gasteiger charge is -2.24. The molecule has 100 valence electrons. The first kappa shape index (κ1) is 13.5. The van der Waals surface area contributed by atoms with Crippen LogP contribution in [-0.4, -0.2) is 9.97 Å². The molecule has 0 radical (unpaired) electrons. The summed E-state index contributed by atoms with van der Waals surface area (Å²) >= 11 is 0. The topological polar surface area (TPSA) is 37.8 Å². The Labute approximate surface area is 110 Å². The summed E-state index contributed by atoms with van der Waals surface area (Å²) in [5.74, 6) is 2.68. The molecule has 18 heavy (non-hydrogen) atoms. The molecule has 3 heteroatoms. The first-order valence-electron chi connectivity index (χ1n) is 7.13. The van der Waals surface area contributed by atoms with E-state index < -0.39 is 0 Å².